The van der Waals surface area contributed by atoms with E-state index in [4.69, 9.17) is 10.5 Å². The highest BCUT2D eigenvalue weighted by atomic mass is 16.5. The molecular weight excluding hydrogens is 230 g/mol. The molecule has 0 bridgehead atoms. The zero-order valence-electron chi connectivity index (χ0n) is 10.7. The summed E-state index contributed by atoms with van der Waals surface area (Å²) < 4.78 is 5.27. The van der Waals surface area contributed by atoms with Crippen molar-refractivity contribution in [1.82, 2.24) is 0 Å². The molecule has 18 heavy (non-hydrogen) atoms. The Bertz CT molecular complexity index is 428. The van der Waals surface area contributed by atoms with Gasteiger partial charge in [0.1, 0.15) is 13.1 Å². The fourth-order valence-corrected chi connectivity index (χ4v) is 2.03. The minimum atomic E-state index is 0.0283. The Morgan fingerprint density at radius 1 is 1.44 bits per heavy atom. The minimum absolute atomic E-state index is 0.0283. The van der Waals surface area contributed by atoms with Gasteiger partial charge in [0.15, 0.2) is 6.54 Å². The number of carbonyl (C=O) groups is 1. The van der Waals surface area contributed by atoms with E-state index in [1.165, 1.54) is 4.90 Å². The van der Waals surface area contributed by atoms with Crippen molar-refractivity contribution in [1.29, 1.82) is 0 Å². The lowest BCUT2D eigenvalue weighted by atomic mass is 10.2. The molecule has 1 aliphatic rings. The topological polar surface area (TPSA) is 68.8 Å². The van der Waals surface area contributed by atoms with Crippen LogP contribution in [0.15, 0.2) is 18.2 Å². The average molecular weight is 250 g/mol. The molecule has 1 fully saturated rings. The molecule has 0 unspecified atom stereocenters. The summed E-state index contributed by atoms with van der Waals surface area (Å²) in [7, 11) is 0. The predicted molar refractivity (Wildman–Crippen MR) is 70.6 cm³/mol. The van der Waals surface area contributed by atoms with Crippen LogP contribution in [-0.4, -0.2) is 38.8 Å². The van der Waals surface area contributed by atoms with Crippen molar-refractivity contribution in [2.75, 3.05) is 43.9 Å². The van der Waals surface area contributed by atoms with Gasteiger partial charge in [-0.1, -0.05) is 6.07 Å². The van der Waals surface area contributed by atoms with E-state index in [2.05, 4.69) is 5.32 Å². The number of anilines is 2. The van der Waals surface area contributed by atoms with Gasteiger partial charge in [0.2, 0.25) is 0 Å². The van der Waals surface area contributed by atoms with Crippen molar-refractivity contribution in [2.45, 2.75) is 6.92 Å². The Kier molecular flexibility index (Phi) is 4.17. The van der Waals surface area contributed by atoms with E-state index in [9.17, 15) is 4.79 Å². The Balaban J connectivity index is 1.92. The lowest BCUT2D eigenvalue weighted by Gasteiger charge is -2.23. The molecule has 1 aromatic rings. The van der Waals surface area contributed by atoms with Gasteiger partial charge in [-0.2, -0.15) is 0 Å². The molecular formula is C13H20N3O2+. The fourth-order valence-electron chi connectivity index (χ4n) is 2.03. The molecule has 2 rings (SSSR count). The molecule has 1 aliphatic heterocycles. The lowest BCUT2D eigenvalue weighted by molar-refractivity contribution is -0.899. The number of nitrogens with one attached hydrogen (secondary N) is 2. The highest BCUT2D eigenvalue weighted by Crippen LogP contribution is 2.17. The van der Waals surface area contributed by atoms with Gasteiger partial charge in [0.05, 0.1) is 13.2 Å². The van der Waals surface area contributed by atoms with Crippen LogP contribution < -0.4 is 16.0 Å². The van der Waals surface area contributed by atoms with Crippen molar-refractivity contribution in [2.24, 2.45) is 0 Å². The van der Waals surface area contributed by atoms with Crippen molar-refractivity contribution in [3.8, 4) is 0 Å². The highest BCUT2D eigenvalue weighted by molar-refractivity contribution is 5.92. The van der Waals surface area contributed by atoms with Gasteiger partial charge in [-0.3, -0.25) is 4.79 Å². The molecule has 1 amide bonds. The molecule has 1 heterocycles. The largest absolute Gasteiger partial charge is 0.399 e. The SMILES string of the molecule is Cc1ccc(N)cc1NC(=O)C[NH+]1CCOCC1. The Morgan fingerprint density at radius 2 is 2.17 bits per heavy atom. The van der Waals surface area contributed by atoms with Crippen molar-refractivity contribution in [3.63, 3.8) is 0 Å². The number of rotatable bonds is 3. The summed E-state index contributed by atoms with van der Waals surface area (Å²) in [5, 5.41) is 2.92. The summed E-state index contributed by atoms with van der Waals surface area (Å²) >= 11 is 0. The fraction of sp³-hybridized carbons (Fsp3) is 0.462. The third-order valence-corrected chi connectivity index (χ3v) is 3.15. The highest BCUT2D eigenvalue weighted by Gasteiger charge is 2.17. The molecule has 0 radical (unpaired) electrons. The Hall–Kier alpha value is -1.59. The number of quaternary nitrogens is 1. The second kappa shape index (κ2) is 5.84. The van der Waals surface area contributed by atoms with E-state index in [1.807, 2.05) is 19.1 Å². The molecule has 0 spiro atoms. The molecule has 5 heteroatoms. The van der Waals surface area contributed by atoms with E-state index >= 15 is 0 Å². The van der Waals surface area contributed by atoms with E-state index in [-0.39, 0.29) is 5.91 Å². The smallest absolute Gasteiger partial charge is 0.279 e. The van der Waals surface area contributed by atoms with Crippen LogP contribution in [0.1, 0.15) is 5.56 Å². The van der Waals surface area contributed by atoms with Crippen LogP contribution in [0, 0.1) is 6.92 Å². The molecule has 0 aliphatic carbocycles. The van der Waals surface area contributed by atoms with Crippen LogP contribution in [0.25, 0.3) is 0 Å². The van der Waals surface area contributed by atoms with Crippen LogP contribution >= 0.6 is 0 Å². The van der Waals surface area contributed by atoms with Crippen molar-refractivity contribution < 1.29 is 14.4 Å². The minimum Gasteiger partial charge on any atom is -0.399 e. The number of carbonyl (C=O) groups excluding carboxylic acids is 1. The summed E-state index contributed by atoms with van der Waals surface area (Å²) in [5.41, 5.74) is 8.20. The third kappa shape index (κ3) is 3.45. The molecule has 5 nitrogen and oxygen atoms in total. The van der Waals surface area contributed by atoms with Crippen LogP contribution in [0.4, 0.5) is 11.4 Å². The quantitative estimate of drug-likeness (QED) is 0.629. The van der Waals surface area contributed by atoms with Gasteiger partial charge >= 0.3 is 0 Å². The molecule has 0 aromatic heterocycles. The van der Waals surface area contributed by atoms with Gasteiger partial charge in [-0.15, -0.1) is 0 Å². The summed E-state index contributed by atoms with van der Waals surface area (Å²) in [5.74, 6) is 0.0283. The maximum Gasteiger partial charge on any atom is 0.279 e. The molecule has 1 aromatic carbocycles. The third-order valence-electron chi connectivity index (χ3n) is 3.15. The summed E-state index contributed by atoms with van der Waals surface area (Å²) in [6.07, 6.45) is 0. The first-order valence-electron chi connectivity index (χ1n) is 6.22. The van der Waals surface area contributed by atoms with Crippen LogP contribution in [0.2, 0.25) is 0 Å². The molecule has 98 valence electrons. The van der Waals surface area contributed by atoms with E-state index < -0.39 is 0 Å². The Labute approximate surface area is 107 Å². The van der Waals surface area contributed by atoms with E-state index in [1.54, 1.807) is 6.07 Å². The van der Waals surface area contributed by atoms with Gasteiger partial charge in [0.25, 0.3) is 5.91 Å². The summed E-state index contributed by atoms with van der Waals surface area (Å²) in [4.78, 5) is 13.2. The van der Waals surface area contributed by atoms with Crippen molar-refractivity contribution >= 4 is 17.3 Å². The number of ether oxygens (including phenoxy) is 1. The van der Waals surface area contributed by atoms with Crippen LogP contribution in [-0.2, 0) is 9.53 Å². The number of hydrogen-bond acceptors (Lipinski definition) is 3. The van der Waals surface area contributed by atoms with Gasteiger partial charge in [-0.25, -0.2) is 0 Å². The first-order chi connectivity index (χ1) is 8.65. The lowest BCUT2D eigenvalue weighted by Crippen LogP contribution is -3.15. The van der Waals surface area contributed by atoms with Gasteiger partial charge in [-0.05, 0) is 24.6 Å². The number of aryl methyl sites for hydroxylation is 1. The molecule has 0 atom stereocenters. The molecule has 0 saturated carbocycles. The standard InChI is InChI=1S/C13H19N3O2/c1-10-2-3-11(14)8-12(10)15-13(17)9-16-4-6-18-7-5-16/h2-3,8H,4-7,9,14H2,1H3,(H,15,17)/p+1. The Morgan fingerprint density at radius 3 is 2.89 bits per heavy atom. The maximum atomic E-state index is 11.9. The van der Waals surface area contributed by atoms with Gasteiger partial charge in [0, 0.05) is 11.4 Å². The average Bonchev–Trinajstić information content (AvgIpc) is 2.35. The number of morpholine rings is 1. The number of nitrogens with two attached hydrogens (primary N) is 1. The first kappa shape index (κ1) is 12.9. The predicted octanol–water partition coefficient (Wildman–Crippen LogP) is -0.569. The second-order valence-corrected chi connectivity index (χ2v) is 4.66. The van der Waals surface area contributed by atoms with Gasteiger partial charge < -0.3 is 20.7 Å². The summed E-state index contributed by atoms with van der Waals surface area (Å²) in [6.45, 7) is 5.70. The second-order valence-electron chi connectivity index (χ2n) is 4.66. The van der Waals surface area contributed by atoms with E-state index in [0.717, 1.165) is 37.6 Å². The normalized spacial score (nSPS) is 16.5. The molecule has 4 N–H and O–H groups in total. The number of benzene rings is 1. The first-order valence-corrected chi connectivity index (χ1v) is 6.22. The number of hydrogen-bond donors (Lipinski definition) is 3. The maximum absolute atomic E-state index is 11.9. The van der Waals surface area contributed by atoms with Crippen LogP contribution in [0.3, 0.4) is 0 Å². The zero-order chi connectivity index (χ0) is 13.0. The number of nitrogen functional groups attached to an aromatic ring is 1. The van der Waals surface area contributed by atoms with Crippen molar-refractivity contribution in [3.05, 3.63) is 23.8 Å². The zero-order valence-corrected chi connectivity index (χ0v) is 10.7. The number of amides is 1. The monoisotopic (exact) mass is 250 g/mol. The van der Waals surface area contributed by atoms with E-state index in [0.29, 0.717) is 12.2 Å². The van der Waals surface area contributed by atoms with Crippen LogP contribution in [0.5, 0.6) is 0 Å². The summed E-state index contributed by atoms with van der Waals surface area (Å²) in [6, 6.07) is 5.53. The molecule has 1 saturated heterocycles.